The van der Waals surface area contributed by atoms with Crippen LogP contribution in [0.4, 0.5) is 23.8 Å². The van der Waals surface area contributed by atoms with E-state index < -0.39 is 41.2 Å². The highest BCUT2D eigenvalue weighted by Crippen LogP contribution is 2.42. The van der Waals surface area contributed by atoms with Crippen LogP contribution < -0.4 is 5.32 Å². The maximum Gasteiger partial charge on any atom is 0.418 e. The standard InChI is InChI=1S/C26H31F3N6O5/c1-5-7-8-15-35(24(38)40-23(37)20(36)31-18-13-14-30-32-18)19(25(3,4)6-2)22-34-33-21(39-22)16-9-11-17(12-10-16)26(27,28)29/h9-14,19H,5-8,15H2,1-4H3,(H2,30,31,32,36)/t19-/m0/s1. The normalized spacial score (nSPS) is 12.6. The van der Waals surface area contributed by atoms with Crippen LogP contribution >= 0.6 is 0 Å². The van der Waals surface area contributed by atoms with Crippen molar-refractivity contribution >= 4 is 23.8 Å². The number of esters is 1. The first-order chi connectivity index (χ1) is 18.9. The molecule has 2 heterocycles. The smallest absolute Gasteiger partial charge is 0.418 e. The molecule has 216 valence electrons. The number of halogens is 3. The SMILES string of the molecule is CCCCCN(C(=O)OC(=O)C(=O)Nc1ccn[nH]1)[C@@H](c1nnc(-c2ccc(C(F)(F)F)cc2)o1)C(C)(C)CC. The number of nitrogens with zero attached hydrogens (tertiary/aromatic N) is 4. The Morgan fingerprint density at radius 3 is 2.35 bits per heavy atom. The summed E-state index contributed by atoms with van der Waals surface area (Å²) < 4.78 is 49.7. The molecule has 0 aliphatic carbocycles. The molecule has 0 radical (unpaired) electrons. The third kappa shape index (κ3) is 7.45. The van der Waals surface area contributed by atoms with Gasteiger partial charge < -0.3 is 14.5 Å². The third-order valence-corrected chi connectivity index (χ3v) is 6.45. The Morgan fingerprint density at radius 2 is 1.77 bits per heavy atom. The van der Waals surface area contributed by atoms with Gasteiger partial charge in [0, 0.05) is 18.2 Å². The first-order valence-corrected chi connectivity index (χ1v) is 12.7. The van der Waals surface area contributed by atoms with E-state index in [0.717, 1.165) is 25.0 Å². The second-order valence-corrected chi connectivity index (χ2v) is 9.75. The highest BCUT2D eigenvalue weighted by atomic mass is 19.4. The molecule has 0 fully saturated rings. The van der Waals surface area contributed by atoms with E-state index in [1.165, 1.54) is 29.3 Å². The molecule has 2 N–H and O–H groups in total. The van der Waals surface area contributed by atoms with Gasteiger partial charge in [0.1, 0.15) is 11.9 Å². The quantitative estimate of drug-likeness (QED) is 0.137. The lowest BCUT2D eigenvalue weighted by Crippen LogP contribution is -2.44. The highest BCUT2D eigenvalue weighted by molar-refractivity contribution is 6.38. The van der Waals surface area contributed by atoms with Gasteiger partial charge in [-0.25, -0.2) is 9.59 Å². The molecule has 2 amide bonds. The summed E-state index contributed by atoms with van der Waals surface area (Å²) >= 11 is 0. The molecule has 0 bridgehead atoms. The molecule has 0 saturated carbocycles. The number of benzene rings is 1. The van der Waals surface area contributed by atoms with E-state index in [0.29, 0.717) is 12.8 Å². The summed E-state index contributed by atoms with van der Waals surface area (Å²) in [7, 11) is 0. The average molecular weight is 565 g/mol. The van der Waals surface area contributed by atoms with Gasteiger partial charge in [-0.1, -0.05) is 40.5 Å². The van der Waals surface area contributed by atoms with Gasteiger partial charge in [0.05, 0.1) is 11.8 Å². The van der Waals surface area contributed by atoms with Crippen molar-refractivity contribution in [2.45, 2.75) is 65.6 Å². The summed E-state index contributed by atoms with van der Waals surface area (Å²) in [6.07, 6.45) is -1.53. The topological polar surface area (TPSA) is 143 Å². The Labute approximate surface area is 228 Å². The second-order valence-electron chi connectivity index (χ2n) is 9.75. The fraction of sp³-hybridized carbons (Fsp3) is 0.462. The average Bonchev–Trinajstić information content (AvgIpc) is 3.60. The third-order valence-electron chi connectivity index (χ3n) is 6.45. The van der Waals surface area contributed by atoms with Gasteiger partial charge in [0.25, 0.3) is 0 Å². The van der Waals surface area contributed by atoms with Crippen LogP contribution in [0.5, 0.6) is 0 Å². The van der Waals surface area contributed by atoms with Crippen molar-refractivity contribution < 1.29 is 36.7 Å². The van der Waals surface area contributed by atoms with Crippen molar-refractivity contribution in [1.29, 1.82) is 0 Å². The van der Waals surface area contributed by atoms with Gasteiger partial charge in [0.2, 0.25) is 11.8 Å². The number of alkyl halides is 3. The van der Waals surface area contributed by atoms with E-state index in [4.69, 9.17) is 9.15 Å². The van der Waals surface area contributed by atoms with Crippen molar-refractivity contribution in [3.8, 4) is 11.5 Å². The lowest BCUT2D eigenvalue weighted by atomic mass is 9.80. The van der Waals surface area contributed by atoms with Crippen LogP contribution in [0, 0.1) is 5.41 Å². The number of aromatic nitrogens is 4. The number of amides is 2. The number of carbonyl (C=O) groups excluding carboxylic acids is 3. The number of hydrogen-bond donors (Lipinski definition) is 2. The molecule has 0 unspecified atom stereocenters. The number of H-pyrrole nitrogens is 1. The summed E-state index contributed by atoms with van der Waals surface area (Å²) in [4.78, 5) is 39.3. The maximum atomic E-state index is 13.3. The van der Waals surface area contributed by atoms with E-state index in [-0.39, 0.29) is 29.7 Å². The predicted molar refractivity (Wildman–Crippen MR) is 136 cm³/mol. The van der Waals surface area contributed by atoms with Crippen LogP contribution in [0.3, 0.4) is 0 Å². The fourth-order valence-corrected chi connectivity index (χ4v) is 3.89. The number of rotatable bonds is 10. The second kappa shape index (κ2) is 12.7. The van der Waals surface area contributed by atoms with Crippen LogP contribution in [0.1, 0.15) is 70.9 Å². The Kier molecular flexibility index (Phi) is 9.66. The van der Waals surface area contributed by atoms with Crippen LogP contribution in [0.2, 0.25) is 0 Å². The number of unbranched alkanes of at least 4 members (excludes halogenated alkanes) is 2. The number of nitrogens with one attached hydrogen (secondary N) is 2. The molecule has 3 aromatic rings. The predicted octanol–water partition coefficient (Wildman–Crippen LogP) is 5.75. The van der Waals surface area contributed by atoms with Crippen molar-refractivity contribution in [3.05, 3.63) is 48.0 Å². The molecule has 0 saturated heterocycles. The molecule has 0 aliphatic rings. The van der Waals surface area contributed by atoms with Gasteiger partial charge >= 0.3 is 24.1 Å². The lowest BCUT2D eigenvalue weighted by molar-refractivity contribution is -0.149. The number of aromatic amines is 1. The Morgan fingerprint density at radius 1 is 1.07 bits per heavy atom. The van der Waals surface area contributed by atoms with Crippen molar-refractivity contribution in [2.24, 2.45) is 5.41 Å². The molecular weight excluding hydrogens is 533 g/mol. The van der Waals surface area contributed by atoms with Crippen LogP contribution in [-0.2, 0) is 20.5 Å². The van der Waals surface area contributed by atoms with E-state index in [9.17, 15) is 27.6 Å². The summed E-state index contributed by atoms with van der Waals surface area (Å²) in [5.41, 5.74) is -1.26. The van der Waals surface area contributed by atoms with E-state index in [1.807, 2.05) is 27.7 Å². The van der Waals surface area contributed by atoms with Crippen LogP contribution in [0.25, 0.3) is 11.5 Å². The Hall–Kier alpha value is -4.23. The maximum absolute atomic E-state index is 13.3. The minimum atomic E-state index is -4.50. The zero-order valence-corrected chi connectivity index (χ0v) is 22.5. The molecule has 0 spiro atoms. The molecule has 0 aliphatic heterocycles. The molecular formula is C26H31F3N6O5. The van der Waals surface area contributed by atoms with Crippen molar-refractivity contribution in [2.75, 3.05) is 11.9 Å². The highest BCUT2D eigenvalue weighted by Gasteiger charge is 2.42. The monoisotopic (exact) mass is 564 g/mol. The van der Waals surface area contributed by atoms with E-state index >= 15 is 0 Å². The minimum Gasteiger partial charge on any atom is -0.418 e. The van der Waals surface area contributed by atoms with Crippen LogP contribution in [0.15, 0.2) is 40.9 Å². The summed E-state index contributed by atoms with van der Waals surface area (Å²) in [5.74, 6) is -2.51. The number of hydrogen-bond acceptors (Lipinski definition) is 8. The fourth-order valence-electron chi connectivity index (χ4n) is 3.89. The molecule has 1 aromatic carbocycles. The summed E-state index contributed by atoms with van der Waals surface area (Å²) in [6, 6.07) is 4.76. The largest absolute Gasteiger partial charge is 0.418 e. The number of anilines is 1. The number of ether oxygens (including phenoxy) is 1. The van der Waals surface area contributed by atoms with Gasteiger partial charge in [0.15, 0.2) is 0 Å². The molecule has 14 heteroatoms. The van der Waals surface area contributed by atoms with Gasteiger partial charge in [-0.05, 0) is 42.5 Å². The molecule has 40 heavy (non-hydrogen) atoms. The summed E-state index contributed by atoms with van der Waals surface area (Å²) in [5, 5.41) is 16.5. The molecule has 1 atom stereocenters. The molecule has 3 rings (SSSR count). The zero-order valence-electron chi connectivity index (χ0n) is 22.5. The molecule has 2 aromatic heterocycles. The van der Waals surface area contributed by atoms with E-state index in [2.05, 4.69) is 25.7 Å². The first-order valence-electron chi connectivity index (χ1n) is 12.7. The van der Waals surface area contributed by atoms with Crippen molar-refractivity contribution in [1.82, 2.24) is 25.3 Å². The molecule has 11 nitrogen and oxygen atoms in total. The van der Waals surface area contributed by atoms with Gasteiger partial charge in [-0.3, -0.25) is 14.8 Å². The number of carbonyl (C=O) groups is 3. The van der Waals surface area contributed by atoms with Crippen LogP contribution in [-0.4, -0.2) is 49.8 Å². The Bertz CT molecular complexity index is 1290. The lowest BCUT2D eigenvalue weighted by Gasteiger charge is -2.38. The van der Waals surface area contributed by atoms with Crippen molar-refractivity contribution in [3.63, 3.8) is 0 Å². The van der Waals surface area contributed by atoms with E-state index in [1.54, 1.807) is 0 Å². The van der Waals surface area contributed by atoms with Gasteiger partial charge in [-0.15, -0.1) is 10.2 Å². The van der Waals surface area contributed by atoms with Gasteiger partial charge in [-0.2, -0.15) is 18.3 Å². The minimum absolute atomic E-state index is 0.00422. The Balaban J connectivity index is 1.91. The summed E-state index contributed by atoms with van der Waals surface area (Å²) in [6.45, 7) is 7.72. The zero-order chi connectivity index (χ0) is 29.5. The first kappa shape index (κ1) is 30.3.